The average molecular weight is 190 g/mol. The number of nitrogens with two attached hydrogens (primary N) is 1. The molecule has 0 spiro atoms. The molecule has 0 aliphatic heterocycles. The van der Waals surface area contributed by atoms with Crippen molar-refractivity contribution < 1.29 is 5.11 Å². The van der Waals surface area contributed by atoms with Crippen molar-refractivity contribution in [1.29, 1.82) is 0 Å². The number of benzene rings is 1. The molecule has 0 fully saturated rings. The van der Waals surface area contributed by atoms with E-state index in [0.29, 0.717) is 0 Å². The topological polar surface area (TPSA) is 62.0 Å². The molecule has 4 N–H and O–H groups in total. The minimum Gasteiger partial charge on any atom is -0.391 e. The van der Waals surface area contributed by atoms with E-state index in [9.17, 15) is 5.11 Å². The number of rotatable bonds is 2. The van der Waals surface area contributed by atoms with Crippen LogP contribution in [0.1, 0.15) is 18.7 Å². The zero-order valence-corrected chi connectivity index (χ0v) is 8.07. The third-order valence-corrected chi connectivity index (χ3v) is 2.43. The third kappa shape index (κ3) is 1.52. The van der Waals surface area contributed by atoms with Gasteiger partial charge in [-0.2, -0.15) is 0 Å². The maximum atomic E-state index is 9.35. The van der Waals surface area contributed by atoms with Gasteiger partial charge >= 0.3 is 0 Å². The summed E-state index contributed by atoms with van der Waals surface area (Å²) in [5.74, 6) is 0. The van der Waals surface area contributed by atoms with Gasteiger partial charge in [-0.15, -0.1) is 0 Å². The van der Waals surface area contributed by atoms with Gasteiger partial charge in [-0.05, 0) is 24.4 Å². The van der Waals surface area contributed by atoms with Crippen LogP contribution in [0.15, 0.2) is 30.3 Å². The first-order valence-electron chi connectivity index (χ1n) is 4.70. The van der Waals surface area contributed by atoms with Crippen molar-refractivity contribution in [1.82, 2.24) is 4.98 Å². The van der Waals surface area contributed by atoms with Gasteiger partial charge < -0.3 is 15.8 Å². The Morgan fingerprint density at radius 1 is 1.36 bits per heavy atom. The van der Waals surface area contributed by atoms with Gasteiger partial charge in [0.05, 0.1) is 12.1 Å². The molecule has 3 heteroatoms. The minimum absolute atomic E-state index is 0.345. The number of fused-ring (bicyclic) bond motifs is 1. The molecule has 0 aliphatic carbocycles. The first-order valence-corrected chi connectivity index (χ1v) is 4.70. The highest BCUT2D eigenvalue weighted by atomic mass is 16.3. The average Bonchev–Trinajstić information content (AvgIpc) is 2.59. The molecular formula is C11H14N2O. The second-order valence-corrected chi connectivity index (χ2v) is 3.58. The van der Waals surface area contributed by atoms with Crippen LogP contribution >= 0.6 is 0 Å². The highest BCUT2D eigenvalue weighted by Gasteiger charge is 2.13. The van der Waals surface area contributed by atoms with E-state index in [0.717, 1.165) is 16.6 Å². The van der Waals surface area contributed by atoms with Crippen molar-refractivity contribution >= 4 is 10.9 Å². The van der Waals surface area contributed by atoms with Crippen molar-refractivity contribution in [2.45, 2.75) is 19.1 Å². The third-order valence-electron chi connectivity index (χ3n) is 2.43. The molecule has 0 saturated heterocycles. The summed E-state index contributed by atoms with van der Waals surface area (Å²) in [5.41, 5.74) is 7.75. The second kappa shape index (κ2) is 3.44. The molecule has 3 nitrogen and oxygen atoms in total. The van der Waals surface area contributed by atoms with E-state index >= 15 is 0 Å². The molecule has 2 atom stereocenters. The fraction of sp³-hybridized carbons (Fsp3) is 0.273. The molecule has 1 aromatic heterocycles. The fourth-order valence-electron chi connectivity index (χ4n) is 1.54. The van der Waals surface area contributed by atoms with E-state index in [1.807, 2.05) is 30.3 Å². The smallest absolute Gasteiger partial charge is 0.0719 e. The van der Waals surface area contributed by atoms with E-state index < -0.39 is 6.10 Å². The van der Waals surface area contributed by atoms with Crippen LogP contribution in [0.4, 0.5) is 0 Å². The van der Waals surface area contributed by atoms with Crippen LogP contribution in [0.25, 0.3) is 10.9 Å². The second-order valence-electron chi connectivity index (χ2n) is 3.58. The summed E-state index contributed by atoms with van der Waals surface area (Å²) in [7, 11) is 0. The lowest BCUT2D eigenvalue weighted by atomic mass is 10.1. The molecule has 1 aromatic carbocycles. The molecule has 0 bridgehead atoms. The van der Waals surface area contributed by atoms with Gasteiger partial charge in [0.2, 0.25) is 0 Å². The quantitative estimate of drug-likeness (QED) is 0.672. The first kappa shape index (κ1) is 9.24. The first-order chi connectivity index (χ1) is 6.68. The van der Waals surface area contributed by atoms with E-state index in [1.165, 1.54) is 0 Å². The number of hydrogen-bond acceptors (Lipinski definition) is 2. The highest BCUT2D eigenvalue weighted by Crippen LogP contribution is 2.20. The summed E-state index contributed by atoms with van der Waals surface area (Å²) in [6.07, 6.45) is -0.539. The predicted octanol–water partition coefficient (Wildman–Crippen LogP) is 1.55. The summed E-state index contributed by atoms with van der Waals surface area (Å²) >= 11 is 0. The van der Waals surface area contributed by atoms with E-state index in [2.05, 4.69) is 4.98 Å². The largest absolute Gasteiger partial charge is 0.391 e. The van der Waals surface area contributed by atoms with Crippen molar-refractivity contribution in [2.24, 2.45) is 5.73 Å². The molecule has 1 heterocycles. The van der Waals surface area contributed by atoms with Crippen LogP contribution in [0.3, 0.4) is 0 Å². The van der Waals surface area contributed by atoms with Gasteiger partial charge in [0.25, 0.3) is 0 Å². The Bertz CT molecular complexity index is 401. The lowest BCUT2D eigenvalue weighted by Gasteiger charge is -2.12. The molecule has 2 aromatic rings. The van der Waals surface area contributed by atoms with Crippen molar-refractivity contribution in [2.75, 3.05) is 0 Å². The summed E-state index contributed by atoms with van der Waals surface area (Å²) in [5, 5.41) is 10.5. The number of aromatic nitrogens is 1. The number of nitrogens with one attached hydrogen (secondary N) is 1. The minimum atomic E-state index is -0.539. The number of H-pyrrole nitrogens is 1. The number of para-hydroxylation sites is 1. The summed E-state index contributed by atoms with van der Waals surface area (Å²) in [6, 6.07) is 9.59. The normalized spacial score (nSPS) is 15.6. The zero-order valence-electron chi connectivity index (χ0n) is 8.07. The Morgan fingerprint density at radius 3 is 2.71 bits per heavy atom. The van der Waals surface area contributed by atoms with E-state index in [4.69, 9.17) is 5.73 Å². The molecule has 74 valence electrons. The predicted molar refractivity (Wildman–Crippen MR) is 56.9 cm³/mol. The molecule has 2 unspecified atom stereocenters. The lowest BCUT2D eigenvalue weighted by molar-refractivity contribution is 0.163. The van der Waals surface area contributed by atoms with Crippen molar-refractivity contribution in [3.63, 3.8) is 0 Å². The van der Waals surface area contributed by atoms with Crippen LogP contribution in [0.5, 0.6) is 0 Å². The van der Waals surface area contributed by atoms with Gasteiger partial charge in [0, 0.05) is 11.2 Å². The maximum absolute atomic E-state index is 9.35. The molecule has 0 aliphatic rings. The molecule has 0 amide bonds. The van der Waals surface area contributed by atoms with Crippen molar-refractivity contribution in [3.05, 3.63) is 36.0 Å². The van der Waals surface area contributed by atoms with Gasteiger partial charge in [0.1, 0.15) is 0 Å². The zero-order chi connectivity index (χ0) is 10.1. The molecule has 14 heavy (non-hydrogen) atoms. The molecular weight excluding hydrogens is 176 g/mol. The summed E-state index contributed by atoms with van der Waals surface area (Å²) < 4.78 is 0. The van der Waals surface area contributed by atoms with Gasteiger partial charge in [-0.1, -0.05) is 18.2 Å². The van der Waals surface area contributed by atoms with Crippen molar-refractivity contribution in [3.8, 4) is 0 Å². The SMILES string of the molecule is CC(O)C(N)c1cc2ccccc2[nH]1. The molecule has 0 saturated carbocycles. The van der Waals surface area contributed by atoms with Gasteiger partial charge in [-0.25, -0.2) is 0 Å². The lowest BCUT2D eigenvalue weighted by Crippen LogP contribution is -2.23. The van der Waals surface area contributed by atoms with Gasteiger partial charge in [0.15, 0.2) is 0 Å². The number of aliphatic hydroxyl groups excluding tert-OH is 1. The van der Waals surface area contributed by atoms with E-state index in [1.54, 1.807) is 6.92 Å². The Labute approximate surface area is 82.6 Å². The van der Waals surface area contributed by atoms with Crippen LogP contribution in [-0.4, -0.2) is 16.2 Å². The maximum Gasteiger partial charge on any atom is 0.0719 e. The monoisotopic (exact) mass is 190 g/mol. The summed E-state index contributed by atoms with van der Waals surface area (Å²) in [6.45, 7) is 1.69. The Morgan fingerprint density at radius 2 is 2.07 bits per heavy atom. The number of hydrogen-bond donors (Lipinski definition) is 3. The Balaban J connectivity index is 2.45. The summed E-state index contributed by atoms with van der Waals surface area (Å²) in [4.78, 5) is 3.19. The van der Waals surface area contributed by atoms with E-state index in [-0.39, 0.29) is 6.04 Å². The Hall–Kier alpha value is -1.32. The standard InChI is InChI=1S/C11H14N2O/c1-7(14)11(12)10-6-8-4-2-3-5-9(8)13-10/h2-7,11,13-14H,12H2,1H3. The van der Waals surface area contributed by atoms with Gasteiger partial charge in [-0.3, -0.25) is 0 Å². The fourth-order valence-corrected chi connectivity index (χ4v) is 1.54. The van der Waals surface area contributed by atoms with Crippen LogP contribution in [0, 0.1) is 0 Å². The molecule has 0 radical (unpaired) electrons. The highest BCUT2D eigenvalue weighted by molar-refractivity contribution is 5.80. The number of aromatic amines is 1. The van der Waals surface area contributed by atoms with Crippen LogP contribution in [0.2, 0.25) is 0 Å². The van der Waals surface area contributed by atoms with Crippen LogP contribution < -0.4 is 5.73 Å². The number of aliphatic hydroxyl groups is 1. The molecule has 2 rings (SSSR count). The van der Waals surface area contributed by atoms with Crippen LogP contribution in [-0.2, 0) is 0 Å². The Kier molecular flexibility index (Phi) is 2.27.